The molecule has 0 spiro atoms. The number of benzene rings is 1. The average molecular weight is 352 g/mol. The van der Waals surface area contributed by atoms with E-state index in [1.54, 1.807) is 6.20 Å². The van der Waals surface area contributed by atoms with Crippen molar-refractivity contribution in [3.63, 3.8) is 0 Å². The zero-order chi connectivity index (χ0) is 17.8. The van der Waals surface area contributed by atoms with Crippen LogP contribution in [0.25, 0.3) is 11.0 Å². The molecule has 26 heavy (non-hydrogen) atoms. The van der Waals surface area contributed by atoms with Gasteiger partial charge < -0.3 is 4.90 Å². The van der Waals surface area contributed by atoms with Crippen molar-refractivity contribution in [1.29, 1.82) is 0 Å². The van der Waals surface area contributed by atoms with Gasteiger partial charge in [-0.3, -0.25) is 9.48 Å². The maximum Gasteiger partial charge on any atom is 0.224 e. The van der Waals surface area contributed by atoms with Crippen molar-refractivity contribution in [1.82, 2.24) is 29.7 Å². The summed E-state index contributed by atoms with van der Waals surface area (Å²) in [5.74, 6) is 0.217. The second kappa shape index (κ2) is 7.68. The van der Waals surface area contributed by atoms with Gasteiger partial charge in [0, 0.05) is 37.9 Å². The summed E-state index contributed by atoms with van der Waals surface area (Å²) in [6.45, 7) is 2.29. The molecule has 1 saturated heterocycles. The number of aryl methyl sites for hydroxylation is 2. The smallest absolute Gasteiger partial charge is 0.224 e. The molecule has 3 aromatic rings. The molecule has 1 aliphatic rings. The zero-order valence-corrected chi connectivity index (χ0v) is 14.9. The number of hydrogen-bond donors (Lipinski definition) is 0. The van der Waals surface area contributed by atoms with E-state index >= 15 is 0 Å². The Morgan fingerprint density at radius 2 is 2.08 bits per heavy atom. The topological polar surface area (TPSA) is 68.8 Å². The molecule has 0 aliphatic carbocycles. The summed E-state index contributed by atoms with van der Waals surface area (Å²) in [5, 5.41) is 12.6. The molecule has 1 fully saturated rings. The maximum absolute atomic E-state index is 12.8. The van der Waals surface area contributed by atoms with Gasteiger partial charge in [-0.2, -0.15) is 5.10 Å². The summed E-state index contributed by atoms with van der Waals surface area (Å²) in [4.78, 5) is 14.9. The molecule has 0 unspecified atom stereocenters. The summed E-state index contributed by atoms with van der Waals surface area (Å²) in [7, 11) is 0. The van der Waals surface area contributed by atoms with Crippen LogP contribution in [-0.4, -0.2) is 48.2 Å². The minimum atomic E-state index is 0.217. The largest absolute Gasteiger partial charge is 0.340 e. The Morgan fingerprint density at radius 3 is 2.96 bits per heavy atom. The monoisotopic (exact) mass is 352 g/mol. The fraction of sp³-hybridized carbons (Fsp3) is 0.474. The van der Waals surface area contributed by atoms with Crippen molar-refractivity contribution in [3.8, 4) is 0 Å². The van der Waals surface area contributed by atoms with Crippen LogP contribution in [0.2, 0.25) is 0 Å². The molecule has 7 nitrogen and oxygen atoms in total. The lowest BCUT2D eigenvalue weighted by atomic mass is 9.99. The van der Waals surface area contributed by atoms with E-state index in [1.165, 1.54) is 6.42 Å². The van der Waals surface area contributed by atoms with E-state index < -0.39 is 0 Å². The van der Waals surface area contributed by atoms with Crippen LogP contribution in [0, 0.1) is 0 Å². The molecule has 0 bridgehead atoms. The van der Waals surface area contributed by atoms with Crippen molar-refractivity contribution in [2.24, 2.45) is 0 Å². The number of fused-ring (bicyclic) bond motifs is 1. The molecule has 7 heteroatoms. The Morgan fingerprint density at radius 1 is 1.15 bits per heavy atom. The summed E-state index contributed by atoms with van der Waals surface area (Å²) in [6, 6.07) is 10.1. The predicted octanol–water partition coefficient (Wildman–Crippen LogP) is 2.49. The van der Waals surface area contributed by atoms with Crippen molar-refractivity contribution < 1.29 is 4.79 Å². The zero-order valence-electron chi connectivity index (χ0n) is 14.9. The van der Waals surface area contributed by atoms with Crippen molar-refractivity contribution in [2.75, 3.05) is 6.54 Å². The number of piperidine rings is 1. The minimum Gasteiger partial charge on any atom is -0.340 e. The van der Waals surface area contributed by atoms with Crippen LogP contribution in [0.5, 0.6) is 0 Å². The molecule has 3 heterocycles. The van der Waals surface area contributed by atoms with Gasteiger partial charge in [0.15, 0.2) is 0 Å². The van der Waals surface area contributed by atoms with Crippen LogP contribution < -0.4 is 0 Å². The number of carbonyl (C=O) groups excluding carboxylic acids is 1. The van der Waals surface area contributed by atoms with Gasteiger partial charge >= 0.3 is 0 Å². The van der Waals surface area contributed by atoms with E-state index in [4.69, 9.17) is 0 Å². The third-order valence-electron chi connectivity index (χ3n) is 5.16. The van der Waals surface area contributed by atoms with Crippen LogP contribution in [0.15, 0.2) is 42.7 Å². The first-order chi connectivity index (χ1) is 12.8. The van der Waals surface area contributed by atoms with Gasteiger partial charge in [-0.05, 0) is 43.9 Å². The van der Waals surface area contributed by atoms with E-state index in [9.17, 15) is 4.79 Å². The fourth-order valence-corrected chi connectivity index (χ4v) is 3.77. The van der Waals surface area contributed by atoms with E-state index in [-0.39, 0.29) is 5.91 Å². The molecule has 4 rings (SSSR count). The van der Waals surface area contributed by atoms with Crippen molar-refractivity contribution >= 4 is 16.9 Å². The van der Waals surface area contributed by atoms with Crippen LogP contribution >= 0.6 is 0 Å². The molecule has 0 N–H and O–H groups in total. The van der Waals surface area contributed by atoms with E-state index in [0.29, 0.717) is 19.0 Å². The Balaban J connectivity index is 1.37. The highest BCUT2D eigenvalue weighted by Gasteiger charge is 2.26. The lowest BCUT2D eigenvalue weighted by Gasteiger charge is -2.36. The van der Waals surface area contributed by atoms with Crippen molar-refractivity contribution in [3.05, 3.63) is 42.7 Å². The van der Waals surface area contributed by atoms with Gasteiger partial charge in [-0.1, -0.05) is 17.3 Å². The molecular weight excluding hydrogens is 328 g/mol. The number of carbonyl (C=O) groups is 1. The SMILES string of the molecule is O=C(CCn1nnc2ccccc21)N1CCCC[C@@H]1CCn1cccn1. The third kappa shape index (κ3) is 3.61. The van der Waals surface area contributed by atoms with Crippen LogP contribution in [0.3, 0.4) is 0 Å². The molecule has 136 valence electrons. The Hall–Kier alpha value is -2.70. The standard InChI is InChI=1S/C19H24N6O/c26-19(10-15-25-18-8-2-1-7-17(18)21-22-25)24-13-4-3-6-16(24)9-14-23-12-5-11-20-23/h1-2,5,7-8,11-12,16H,3-4,6,9-10,13-15H2/t16-/m1/s1. The Bertz CT molecular complexity index is 856. The molecule has 0 saturated carbocycles. The molecule has 1 atom stereocenters. The first-order valence-corrected chi connectivity index (χ1v) is 9.36. The normalized spacial score (nSPS) is 17.7. The summed E-state index contributed by atoms with van der Waals surface area (Å²) >= 11 is 0. The number of amides is 1. The average Bonchev–Trinajstić information content (AvgIpc) is 3.34. The summed E-state index contributed by atoms with van der Waals surface area (Å²) in [6.07, 6.45) is 8.57. The van der Waals surface area contributed by atoms with Gasteiger partial charge in [0.05, 0.1) is 12.1 Å². The molecule has 2 aromatic heterocycles. The summed E-state index contributed by atoms with van der Waals surface area (Å²) in [5.41, 5.74) is 1.85. The highest BCUT2D eigenvalue weighted by Crippen LogP contribution is 2.21. The number of hydrogen-bond acceptors (Lipinski definition) is 4. The lowest BCUT2D eigenvalue weighted by molar-refractivity contribution is -0.135. The van der Waals surface area contributed by atoms with Gasteiger partial charge in [-0.25, -0.2) is 4.68 Å². The van der Waals surface area contributed by atoms with E-state index in [1.807, 2.05) is 45.9 Å². The third-order valence-corrected chi connectivity index (χ3v) is 5.16. The second-order valence-corrected chi connectivity index (χ2v) is 6.85. The molecule has 1 amide bonds. The minimum absolute atomic E-state index is 0.217. The number of likely N-dealkylation sites (tertiary alicyclic amines) is 1. The number of aromatic nitrogens is 5. The van der Waals surface area contributed by atoms with Crippen LogP contribution in [0.4, 0.5) is 0 Å². The molecule has 1 aliphatic heterocycles. The van der Waals surface area contributed by atoms with Gasteiger partial charge in [0.1, 0.15) is 5.52 Å². The van der Waals surface area contributed by atoms with E-state index in [0.717, 1.165) is 43.4 Å². The number of nitrogens with zero attached hydrogens (tertiary/aromatic N) is 6. The highest BCUT2D eigenvalue weighted by molar-refractivity contribution is 5.77. The molecule has 1 aromatic carbocycles. The summed E-state index contributed by atoms with van der Waals surface area (Å²) < 4.78 is 3.77. The number of para-hydroxylation sites is 1. The highest BCUT2D eigenvalue weighted by atomic mass is 16.2. The van der Waals surface area contributed by atoms with Gasteiger partial charge in [0.2, 0.25) is 5.91 Å². The van der Waals surface area contributed by atoms with Crippen molar-refractivity contribution in [2.45, 2.75) is 51.2 Å². The first-order valence-electron chi connectivity index (χ1n) is 9.36. The van der Waals surface area contributed by atoms with Crippen LogP contribution in [0.1, 0.15) is 32.1 Å². The lowest BCUT2D eigenvalue weighted by Crippen LogP contribution is -2.44. The van der Waals surface area contributed by atoms with E-state index in [2.05, 4.69) is 20.3 Å². The van der Waals surface area contributed by atoms with Gasteiger partial charge in [0.25, 0.3) is 0 Å². The van der Waals surface area contributed by atoms with Gasteiger partial charge in [-0.15, -0.1) is 5.10 Å². The maximum atomic E-state index is 12.8. The Kier molecular flexibility index (Phi) is 4.95. The fourth-order valence-electron chi connectivity index (χ4n) is 3.77. The molecular formula is C19H24N6O. The Labute approximate surface area is 152 Å². The first kappa shape index (κ1) is 16.8. The predicted molar refractivity (Wildman–Crippen MR) is 98.3 cm³/mol. The second-order valence-electron chi connectivity index (χ2n) is 6.85. The molecule has 0 radical (unpaired) electrons. The van der Waals surface area contributed by atoms with Crippen LogP contribution in [-0.2, 0) is 17.9 Å². The number of rotatable bonds is 6. The quantitative estimate of drug-likeness (QED) is 0.683.